The van der Waals surface area contributed by atoms with Crippen molar-refractivity contribution >= 4 is 22.9 Å². The first kappa shape index (κ1) is 16.5. The number of carbonyl (C=O) groups excluding carboxylic acids is 1. The minimum Gasteiger partial charge on any atom is -0.326 e. The van der Waals surface area contributed by atoms with Crippen molar-refractivity contribution in [1.82, 2.24) is 4.98 Å². The Labute approximate surface area is 159 Å². The number of nitrogens with zero attached hydrogens (tertiary/aromatic N) is 1. The Morgan fingerprint density at radius 1 is 1.19 bits per heavy atom. The van der Waals surface area contributed by atoms with E-state index in [1.807, 2.05) is 25.1 Å². The third kappa shape index (κ3) is 3.09. The zero-order valence-electron chi connectivity index (χ0n) is 15.3. The Bertz CT molecular complexity index is 805. The van der Waals surface area contributed by atoms with Gasteiger partial charge < -0.3 is 5.32 Å². The standard InChI is InChI=1S/C22H26N2OS/c1-14-23-20(13-26-14)18-3-2-4-19(8-18)24-21(25)12-22-9-15-5-16(10-22)7-17(6-15)11-22/h2-4,8,13,15-17H,5-7,9-12H2,1H3,(H,24,25). The van der Waals surface area contributed by atoms with Gasteiger partial charge in [-0.1, -0.05) is 12.1 Å². The van der Waals surface area contributed by atoms with Gasteiger partial charge in [0.25, 0.3) is 0 Å². The van der Waals surface area contributed by atoms with Crippen LogP contribution < -0.4 is 5.32 Å². The highest BCUT2D eigenvalue weighted by molar-refractivity contribution is 7.09. The number of aryl methyl sites for hydroxylation is 1. The average Bonchev–Trinajstić information content (AvgIpc) is 2.99. The molecule has 4 aliphatic carbocycles. The summed E-state index contributed by atoms with van der Waals surface area (Å²) in [5.41, 5.74) is 3.25. The normalized spacial score (nSPS) is 32.0. The van der Waals surface area contributed by atoms with Crippen molar-refractivity contribution in [3.05, 3.63) is 34.7 Å². The minimum absolute atomic E-state index is 0.193. The Morgan fingerprint density at radius 3 is 2.50 bits per heavy atom. The summed E-state index contributed by atoms with van der Waals surface area (Å²) in [6.07, 6.45) is 8.83. The van der Waals surface area contributed by atoms with Gasteiger partial charge in [-0.2, -0.15) is 0 Å². The smallest absolute Gasteiger partial charge is 0.224 e. The van der Waals surface area contributed by atoms with Gasteiger partial charge in [-0.05, 0) is 80.8 Å². The number of thiazole rings is 1. The minimum atomic E-state index is 0.193. The molecule has 0 radical (unpaired) electrons. The number of nitrogens with one attached hydrogen (secondary N) is 1. The second-order valence-electron chi connectivity index (χ2n) is 8.98. The quantitative estimate of drug-likeness (QED) is 0.758. The lowest BCUT2D eigenvalue weighted by Crippen LogP contribution is -2.47. The van der Waals surface area contributed by atoms with Gasteiger partial charge in [0.05, 0.1) is 10.7 Å². The van der Waals surface area contributed by atoms with Gasteiger partial charge in [0.2, 0.25) is 5.91 Å². The topological polar surface area (TPSA) is 42.0 Å². The van der Waals surface area contributed by atoms with Crippen molar-refractivity contribution in [2.45, 2.75) is 51.9 Å². The Balaban J connectivity index is 1.29. The van der Waals surface area contributed by atoms with Crippen LogP contribution in [0.4, 0.5) is 5.69 Å². The van der Waals surface area contributed by atoms with Crippen molar-refractivity contribution in [2.24, 2.45) is 23.2 Å². The van der Waals surface area contributed by atoms with Gasteiger partial charge in [-0.3, -0.25) is 4.79 Å². The van der Waals surface area contributed by atoms with Crippen molar-refractivity contribution < 1.29 is 4.79 Å². The predicted octanol–water partition coefficient (Wildman–Crippen LogP) is 5.66. The maximum absolute atomic E-state index is 12.8. The number of hydrogen-bond donors (Lipinski definition) is 1. The highest BCUT2D eigenvalue weighted by Gasteiger charge is 2.51. The largest absolute Gasteiger partial charge is 0.326 e. The van der Waals surface area contributed by atoms with Gasteiger partial charge >= 0.3 is 0 Å². The second-order valence-corrected chi connectivity index (χ2v) is 10.0. The number of amides is 1. The first-order valence-electron chi connectivity index (χ1n) is 9.89. The molecule has 2 aromatic rings. The molecule has 0 spiro atoms. The summed E-state index contributed by atoms with van der Waals surface area (Å²) in [7, 11) is 0. The molecule has 136 valence electrons. The van der Waals surface area contributed by atoms with Crippen LogP contribution in [0.2, 0.25) is 0 Å². The molecule has 1 heterocycles. The Morgan fingerprint density at radius 2 is 1.88 bits per heavy atom. The summed E-state index contributed by atoms with van der Waals surface area (Å²) in [6.45, 7) is 2.02. The number of hydrogen-bond acceptors (Lipinski definition) is 3. The third-order valence-electron chi connectivity index (χ3n) is 6.76. The van der Waals surface area contributed by atoms with Crippen molar-refractivity contribution in [2.75, 3.05) is 5.32 Å². The molecule has 4 fully saturated rings. The maximum Gasteiger partial charge on any atom is 0.224 e. The molecule has 6 rings (SSSR count). The second kappa shape index (κ2) is 6.19. The highest BCUT2D eigenvalue weighted by atomic mass is 32.1. The molecular weight excluding hydrogens is 340 g/mol. The molecule has 0 saturated heterocycles. The Hall–Kier alpha value is -1.68. The molecule has 1 aromatic carbocycles. The van der Waals surface area contributed by atoms with E-state index in [1.54, 1.807) is 11.3 Å². The number of aromatic nitrogens is 1. The third-order valence-corrected chi connectivity index (χ3v) is 7.54. The summed E-state index contributed by atoms with van der Waals surface area (Å²) < 4.78 is 0. The molecule has 3 nitrogen and oxygen atoms in total. The van der Waals surface area contributed by atoms with Crippen LogP contribution in [-0.2, 0) is 4.79 Å². The summed E-state index contributed by atoms with van der Waals surface area (Å²) in [4.78, 5) is 17.4. The molecule has 1 amide bonds. The number of benzene rings is 1. The van der Waals surface area contributed by atoms with Crippen LogP contribution in [-0.4, -0.2) is 10.9 Å². The SMILES string of the molecule is Cc1nc(-c2cccc(NC(=O)CC34CC5CC(CC(C5)C3)C4)c2)cs1. The van der Waals surface area contributed by atoms with E-state index in [-0.39, 0.29) is 5.91 Å². The van der Waals surface area contributed by atoms with Gasteiger partial charge in [0.15, 0.2) is 0 Å². The van der Waals surface area contributed by atoms with E-state index in [4.69, 9.17) is 0 Å². The van der Waals surface area contributed by atoms with Crippen molar-refractivity contribution in [3.63, 3.8) is 0 Å². The van der Waals surface area contributed by atoms with E-state index >= 15 is 0 Å². The first-order valence-corrected chi connectivity index (χ1v) is 10.8. The predicted molar refractivity (Wildman–Crippen MR) is 106 cm³/mol. The first-order chi connectivity index (χ1) is 12.6. The van der Waals surface area contributed by atoms with E-state index in [9.17, 15) is 4.79 Å². The summed E-state index contributed by atoms with van der Waals surface area (Å²) in [5, 5.41) is 6.31. The molecule has 4 heteroatoms. The molecule has 1 N–H and O–H groups in total. The fourth-order valence-corrected chi connectivity index (χ4v) is 6.93. The van der Waals surface area contributed by atoms with Crippen LogP contribution >= 0.6 is 11.3 Å². The molecule has 4 aliphatic rings. The molecular formula is C22H26N2OS. The van der Waals surface area contributed by atoms with Crippen LogP contribution in [0.5, 0.6) is 0 Å². The van der Waals surface area contributed by atoms with Gasteiger partial charge in [-0.25, -0.2) is 4.98 Å². The molecule has 0 aliphatic heterocycles. The molecule has 4 bridgehead atoms. The van der Waals surface area contributed by atoms with Crippen LogP contribution in [0, 0.1) is 30.1 Å². The van der Waals surface area contributed by atoms with Gasteiger partial charge in [0.1, 0.15) is 0 Å². The molecule has 0 atom stereocenters. The zero-order chi connectivity index (χ0) is 17.7. The fraction of sp³-hybridized carbons (Fsp3) is 0.545. The highest BCUT2D eigenvalue weighted by Crippen LogP contribution is 2.61. The Kier molecular flexibility index (Phi) is 3.93. The van der Waals surface area contributed by atoms with Crippen molar-refractivity contribution in [3.8, 4) is 11.3 Å². The summed E-state index contributed by atoms with van der Waals surface area (Å²) in [5.74, 6) is 2.87. The van der Waals surface area contributed by atoms with Crippen LogP contribution in [0.25, 0.3) is 11.3 Å². The van der Waals surface area contributed by atoms with Gasteiger partial charge in [0, 0.05) is 23.1 Å². The molecule has 1 aromatic heterocycles. The molecule has 4 saturated carbocycles. The van der Waals surface area contributed by atoms with Crippen LogP contribution in [0.15, 0.2) is 29.6 Å². The van der Waals surface area contributed by atoms with E-state index in [2.05, 4.69) is 21.7 Å². The summed E-state index contributed by atoms with van der Waals surface area (Å²) in [6, 6.07) is 8.10. The molecule has 0 unspecified atom stereocenters. The number of anilines is 1. The fourth-order valence-electron chi connectivity index (χ4n) is 6.30. The van der Waals surface area contributed by atoms with E-state index in [1.165, 1.54) is 38.5 Å². The van der Waals surface area contributed by atoms with E-state index in [0.717, 1.165) is 39.7 Å². The lowest BCUT2D eigenvalue weighted by molar-refractivity contribution is -0.124. The van der Waals surface area contributed by atoms with E-state index in [0.29, 0.717) is 11.8 Å². The lowest BCUT2D eigenvalue weighted by atomic mass is 9.49. The van der Waals surface area contributed by atoms with Gasteiger partial charge in [-0.15, -0.1) is 11.3 Å². The van der Waals surface area contributed by atoms with Crippen LogP contribution in [0.1, 0.15) is 50.0 Å². The van der Waals surface area contributed by atoms with Crippen LogP contribution in [0.3, 0.4) is 0 Å². The number of carbonyl (C=O) groups is 1. The lowest BCUT2D eigenvalue weighted by Gasteiger charge is -2.56. The monoisotopic (exact) mass is 366 g/mol. The molecule has 26 heavy (non-hydrogen) atoms. The average molecular weight is 367 g/mol. The van der Waals surface area contributed by atoms with Crippen molar-refractivity contribution in [1.29, 1.82) is 0 Å². The number of rotatable bonds is 4. The zero-order valence-corrected chi connectivity index (χ0v) is 16.1. The maximum atomic E-state index is 12.8. The summed E-state index contributed by atoms with van der Waals surface area (Å²) >= 11 is 1.66. The van der Waals surface area contributed by atoms with E-state index < -0.39 is 0 Å².